The lowest BCUT2D eigenvalue weighted by Gasteiger charge is -2.08. The monoisotopic (exact) mass is 407 g/mol. The summed E-state index contributed by atoms with van der Waals surface area (Å²) in [7, 11) is 3.23. The number of thiazole rings is 1. The molecule has 0 fully saturated rings. The van der Waals surface area contributed by atoms with Crippen molar-refractivity contribution in [2.75, 3.05) is 14.2 Å². The van der Waals surface area contributed by atoms with Crippen LogP contribution in [0.5, 0.6) is 23.0 Å². The van der Waals surface area contributed by atoms with Gasteiger partial charge in [-0.1, -0.05) is 0 Å². The van der Waals surface area contributed by atoms with Crippen molar-refractivity contribution in [3.8, 4) is 44.8 Å². The number of halogens is 1. The molecule has 0 amide bonds. The van der Waals surface area contributed by atoms with E-state index in [9.17, 15) is 4.39 Å². The number of hydrogen-bond acceptors (Lipinski definition) is 5. The Labute approximate surface area is 172 Å². The molecular weight excluding hydrogens is 389 g/mol. The number of ether oxygens (including phenoxy) is 3. The van der Waals surface area contributed by atoms with E-state index in [2.05, 4.69) is 0 Å². The number of methoxy groups -OCH3 is 2. The average molecular weight is 407 g/mol. The summed E-state index contributed by atoms with van der Waals surface area (Å²) >= 11 is 1.57. The molecule has 29 heavy (non-hydrogen) atoms. The zero-order valence-corrected chi connectivity index (χ0v) is 16.7. The zero-order valence-electron chi connectivity index (χ0n) is 15.9. The molecular formula is C23H18FNO3S. The fourth-order valence-electron chi connectivity index (χ4n) is 2.84. The molecule has 0 spiro atoms. The molecule has 1 aromatic heterocycles. The van der Waals surface area contributed by atoms with E-state index in [-0.39, 0.29) is 5.82 Å². The molecule has 0 aliphatic heterocycles. The van der Waals surface area contributed by atoms with E-state index in [1.54, 1.807) is 37.7 Å². The van der Waals surface area contributed by atoms with Gasteiger partial charge in [0, 0.05) is 16.5 Å². The lowest BCUT2D eigenvalue weighted by atomic mass is 10.1. The summed E-state index contributed by atoms with van der Waals surface area (Å²) in [6, 6.07) is 19.3. The van der Waals surface area contributed by atoms with Crippen molar-refractivity contribution in [2.45, 2.75) is 0 Å². The number of aromatic nitrogens is 1. The Hall–Kier alpha value is -3.38. The van der Waals surface area contributed by atoms with E-state index < -0.39 is 0 Å². The SMILES string of the molecule is COc1ccc(-c2csc(-c3ccc(Oc4ccc(F)cc4)cc3)n2)cc1OC. The van der Waals surface area contributed by atoms with Crippen molar-refractivity contribution >= 4 is 11.3 Å². The molecule has 0 saturated carbocycles. The van der Waals surface area contributed by atoms with Gasteiger partial charge in [0.25, 0.3) is 0 Å². The van der Waals surface area contributed by atoms with Gasteiger partial charge in [0.2, 0.25) is 0 Å². The molecule has 6 heteroatoms. The maximum atomic E-state index is 13.0. The predicted molar refractivity (Wildman–Crippen MR) is 113 cm³/mol. The molecule has 0 N–H and O–H groups in total. The maximum Gasteiger partial charge on any atom is 0.161 e. The normalized spacial score (nSPS) is 10.6. The molecule has 0 aliphatic rings. The topological polar surface area (TPSA) is 40.6 Å². The molecule has 4 aromatic rings. The first-order valence-corrected chi connectivity index (χ1v) is 9.76. The first-order chi connectivity index (χ1) is 14.2. The predicted octanol–water partition coefficient (Wildman–Crippen LogP) is 6.43. The van der Waals surface area contributed by atoms with Crippen LogP contribution in [0.15, 0.2) is 72.1 Å². The van der Waals surface area contributed by atoms with Crippen molar-refractivity contribution in [1.82, 2.24) is 4.98 Å². The van der Waals surface area contributed by atoms with Crippen LogP contribution < -0.4 is 14.2 Å². The van der Waals surface area contributed by atoms with Crippen LogP contribution >= 0.6 is 11.3 Å². The minimum atomic E-state index is -0.290. The van der Waals surface area contributed by atoms with E-state index in [1.165, 1.54) is 12.1 Å². The number of benzene rings is 3. The Bertz CT molecular complexity index is 1110. The highest BCUT2D eigenvalue weighted by molar-refractivity contribution is 7.13. The fourth-order valence-corrected chi connectivity index (χ4v) is 3.67. The number of nitrogens with zero attached hydrogens (tertiary/aromatic N) is 1. The third-order valence-electron chi connectivity index (χ3n) is 4.33. The van der Waals surface area contributed by atoms with Gasteiger partial charge in [-0.2, -0.15) is 0 Å². The lowest BCUT2D eigenvalue weighted by molar-refractivity contribution is 0.355. The van der Waals surface area contributed by atoms with E-state index in [1.807, 2.05) is 47.8 Å². The van der Waals surface area contributed by atoms with Crippen molar-refractivity contribution in [1.29, 1.82) is 0 Å². The molecule has 3 aromatic carbocycles. The molecule has 4 nitrogen and oxygen atoms in total. The lowest BCUT2D eigenvalue weighted by Crippen LogP contribution is -1.91. The highest BCUT2D eigenvalue weighted by Crippen LogP contribution is 2.35. The van der Waals surface area contributed by atoms with E-state index in [4.69, 9.17) is 19.2 Å². The van der Waals surface area contributed by atoms with Crippen LogP contribution in [0.2, 0.25) is 0 Å². The summed E-state index contributed by atoms with van der Waals surface area (Å²) < 4.78 is 29.4. The van der Waals surface area contributed by atoms with Crippen LogP contribution in [0, 0.1) is 5.82 Å². The zero-order chi connectivity index (χ0) is 20.2. The summed E-state index contributed by atoms with van der Waals surface area (Å²) in [5, 5.41) is 2.92. The second-order valence-corrected chi connectivity index (χ2v) is 7.05. The number of rotatable bonds is 6. The molecule has 4 rings (SSSR count). The van der Waals surface area contributed by atoms with Gasteiger partial charge in [0.05, 0.1) is 19.9 Å². The van der Waals surface area contributed by atoms with Crippen LogP contribution in [0.25, 0.3) is 21.8 Å². The smallest absolute Gasteiger partial charge is 0.161 e. The Morgan fingerprint density at radius 3 is 2.03 bits per heavy atom. The Morgan fingerprint density at radius 1 is 0.759 bits per heavy atom. The van der Waals surface area contributed by atoms with Gasteiger partial charge in [0.15, 0.2) is 11.5 Å². The van der Waals surface area contributed by atoms with Gasteiger partial charge in [-0.25, -0.2) is 9.37 Å². The molecule has 0 radical (unpaired) electrons. The maximum absolute atomic E-state index is 13.0. The van der Waals surface area contributed by atoms with Crippen LogP contribution in [-0.2, 0) is 0 Å². The third kappa shape index (κ3) is 4.22. The largest absolute Gasteiger partial charge is 0.493 e. The Kier molecular flexibility index (Phi) is 5.44. The van der Waals surface area contributed by atoms with Gasteiger partial charge in [0.1, 0.15) is 22.3 Å². The van der Waals surface area contributed by atoms with E-state index in [0.717, 1.165) is 21.8 Å². The summed E-state index contributed by atoms with van der Waals surface area (Å²) in [5.74, 6) is 2.33. The fraction of sp³-hybridized carbons (Fsp3) is 0.0870. The summed E-state index contributed by atoms with van der Waals surface area (Å²) in [4.78, 5) is 4.74. The molecule has 0 aliphatic carbocycles. The first kappa shape index (κ1) is 19.0. The molecule has 0 bridgehead atoms. The van der Waals surface area contributed by atoms with Crippen molar-refractivity contribution in [2.24, 2.45) is 0 Å². The van der Waals surface area contributed by atoms with E-state index in [0.29, 0.717) is 23.0 Å². The molecule has 0 unspecified atom stereocenters. The second kappa shape index (κ2) is 8.32. The highest BCUT2D eigenvalue weighted by atomic mass is 32.1. The van der Waals surface area contributed by atoms with E-state index >= 15 is 0 Å². The third-order valence-corrected chi connectivity index (χ3v) is 5.23. The van der Waals surface area contributed by atoms with Crippen molar-refractivity contribution < 1.29 is 18.6 Å². The summed E-state index contributed by atoms with van der Waals surface area (Å²) in [6.45, 7) is 0. The molecule has 1 heterocycles. The first-order valence-electron chi connectivity index (χ1n) is 8.88. The Balaban J connectivity index is 1.53. The number of hydrogen-bond donors (Lipinski definition) is 0. The van der Waals surface area contributed by atoms with Crippen LogP contribution in [0.1, 0.15) is 0 Å². The van der Waals surface area contributed by atoms with Gasteiger partial charge in [-0.05, 0) is 66.7 Å². The van der Waals surface area contributed by atoms with Gasteiger partial charge < -0.3 is 14.2 Å². The minimum absolute atomic E-state index is 0.290. The minimum Gasteiger partial charge on any atom is -0.493 e. The average Bonchev–Trinajstić information content (AvgIpc) is 3.25. The van der Waals surface area contributed by atoms with Crippen molar-refractivity contribution in [3.63, 3.8) is 0 Å². The van der Waals surface area contributed by atoms with Gasteiger partial charge in [-0.15, -0.1) is 11.3 Å². The van der Waals surface area contributed by atoms with Crippen molar-refractivity contribution in [3.05, 3.63) is 77.9 Å². The highest BCUT2D eigenvalue weighted by Gasteiger charge is 2.11. The van der Waals surface area contributed by atoms with Gasteiger partial charge >= 0.3 is 0 Å². The molecule has 0 saturated heterocycles. The Morgan fingerprint density at radius 2 is 1.38 bits per heavy atom. The van der Waals surface area contributed by atoms with Crippen LogP contribution in [0.3, 0.4) is 0 Å². The summed E-state index contributed by atoms with van der Waals surface area (Å²) in [5.41, 5.74) is 2.83. The molecule has 146 valence electrons. The van der Waals surface area contributed by atoms with Crippen LogP contribution in [-0.4, -0.2) is 19.2 Å². The standard InChI is InChI=1S/C23H18FNO3S/c1-26-21-12-5-16(13-22(21)27-2)20-14-29-23(25-20)15-3-8-18(9-4-15)28-19-10-6-17(24)7-11-19/h3-14H,1-2H3. The van der Waals surface area contributed by atoms with Gasteiger partial charge in [-0.3, -0.25) is 0 Å². The summed E-state index contributed by atoms with van der Waals surface area (Å²) in [6.07, 6.45) is 0. The second-order valence-electron chi connectivity index (χ2n) is 6.19. The van der Waals surface area contributed by atoms with Crippen LogP contribution in [0.4, 0.5) is 4.39 Å². The quantitative estimate of drug-likeness (QED) is 0.369. The molecule has 0 atom stereocenters.